The van der Waals surface area contributed by atoms with Gasteiger partial charge in [-0.1, -0.05) is 6.42 Å². The first-order valence-corrected chi connectivity index (χ1v) is 4.22. The molecule has 1 saturated carbocycles. The second kappa shape index (κ2) is 4.97. The fourth-order valence-corrected chi connectivity index (χ4v) is 1.64. The van der Waals surface area contributed by atoms with E-state index in [0.29, 0.717) is 13.0 Å². The summed E-state index contributed by atoms with van der Waals surface area (Å²) in [6.45, 7) is 0.412. The molecule has 0 heterocycles. The molecule has 74 valence electrons. The van der Waals surface area contributed by atoms with Gasteiger partial charge in [-0.2, -0.15) is 0 Å². The SMILES string of the molecule is Cl.NCC1CCCCC(F)(F)C1. The van der Waals surface area contributed by atoms with Crippen LogP contribution in [0.5, 0.6) is 0 Å². The van der Waals surface area contributed by atoms with Crippen molar-refractivity contribution in [3.63, 3.8) is 0 Å². The van der Waals surface area contributed by atoms with Crippen LogP contribution in [0.25, 0.3) is 0 Å². The topological polar surface area (TPSA) is 26.0 Å². The van der Waals surface area contributed by atoms with Gasteiger partial charge in [-0.05, 0) is 25.3 Å². The smallest absolute Gasteiger partial charge is 0.248 e. The standard InChI is InChI=1S/C8H15F2N.ClH/c9-8(10)4-2-1-3-7(5-8)6-11;/h7H,1-6,11H2;1H. The van der Waals surface area contributed by atoms with Crippen LogP contribution in [0.15, 0.2) is 0 Å². The lowest BCUT2D eigenvalue weighted by Gasteiger charge is -2.17. The van der Waals surface area contributed by atoms with Gasteiger partial charge in [0.05, 0.1) is 0 Å². The Morgan fingerprint density at radius 1 is 1.33 bits per heavy atom. The number of nitrogens with two attached hydrogens (primary N) is 1. The van der Waals surface area contributed by atoms with Gasteiger partial charge in [0.15, 0.2) is 0 Å². The Kier molecular flexibility index (Phi) is 5.02. The minimum Gasteiger partial charge on any atom is -0.330 e. The fraction of sp³-hybridized carbons (Fsp3) is 1.00. The highest BCUT2D eigenvalue weighted by Crippen LogP contribution is 2.34. The Morgan fingerprint density at radius 3 is 2.58 bits per heavy atom. The molecule has 1 atom stereocenters. The van der Waals surface area contributed by atoms with Crippen molar-refractivity contribution in [3.8, 4) is 0 Å². The van der Waals surface area contributed by atoms with Gasteiger partial charge in [0.1, 0.15) is 0 Å². The summed E-state index contributed by atoms with van der Waals surface area (Å²) in [6.07, 6.45) is 2.51. The minimum atomic E-state index is -2.44. The molecule has 2 N–H and O–H groups in total. The van der Waals surface area contributed by atoms with E-state index in [0.717, 1.165) is 12.8 Å². The first kappa shape index (κ1) is 12.1. The van der Waals surface area contributed by atoms with E-state index in [2.05, 4.69) is 0 Å². The Morgan fingerprint density at radius 2 is 2.00 bits per heavy atom. The average Bonchev–Trinajstić information content (AvgIpc) is 2.10. The monoisotopic (exact) mass is 199 g/mol. The molecular weight excluding hydrogens is 184 g/mol. The van der Waals surface area contributed by atoms with Gasteiger partial charge < -0.3 is 5.73 Å². The maximum absolute atomic E-state index is 12.8. The highest BCUT2D eigenvalue weighted by atomic mass is 35.5. The molecule has 0 amide bonds. The van der Waals surface area contributed by atoms with Crippen LogP contribution >= 0.6 is 12.4 Å². The molecule has 0 aromatic rings. The molecule has 0 aromatic carbocycles. The van der Waals surface area contributed by atoms with E-state index in [9.17, 15) is 8.78 Å². The van der Waals surface area contributed by atoms with Crippen molar-refractivity contribution in [2.24, 2.45) is 11.7 Å². The summed E-state index contributed by atoms with van der Waals surface area (Å²) in [4.78, 5) is 0. The van der Waals surface area contributed by atoms with E-state index in [1.165, 1.54) is 0 Å². The molecule has 1 aliphatic carbocycles. The third-order valence-corrected chi connectivity index (χ3v) is 2.33. The van der Waals surface area contributed by atoms with Gasteiger partial charge in [-0.25, -0.2) is 8.78 Å². The number of halogens is 3. The van der Waals surface area contributed by atoms with Crippen LogP contribution in [-0.4, -0.2) is 12.5 Å². The summed E-state index contributed by atoms with van der Waals surface area (Å²) in [7, 11) is 0. The van der Waals surface area contributed by atoms with Gasteiger partial charge in [-0.15, -0.1) is 12.4 Å². The van der Waals surface area contributed by atoms with Crippen LogP contribution in [0.1, 0.15) is 32.1 Å². The van der Waals surface area contributed by atoms with E-state index >= 15 is 0 Å². The predicted octanol–water partition coefficient (Wildman–Crippen LogP) is 2.58. The third kappa shape index (κ3) is 3.68. The maximum Gasteiger partial charge on any atom is 0.248 e. The molecule has 0 bridgehead atoms. The van der Waals surface area contributed by atoms with E-state index < -0.39 is 5.92 Å². The summed E-state index contributed by atoms with van der Waals surface area (Å²) in [6, 6.07) is 0. The van der Waals surface area contributed by atoms with Crippen molar-refractivity contribution in [2.75, 3.05) is 6.54 Å². The zero-order chi connectivity index (χ0) is 8.32. The maximum atomic E-state index is 12.8. The number of rotatable bonds is 1. The molecule has 1 aliphatic rings. The third-order valence-electron chi connectivity index (χ3n) is 2.33. The number of hydrogen-bond donors (Lipinski definition) is 1. The molecule has 1 rings (SSSR count). The largest absolute Gasteiger partial charge is 0.330 e. The lowest BCUT2D eigenvalue weighted by atomic mass is 9.99. The summed E-state index contributed by atoms with van der Waals surface area (Å²) in [5.74, 6) is -2.40. The van der Waals surface area contributed by atoms with E-state index in [1.54, 1.807) is 0 Å². The number of alkyl halides is 2. The summed E-state index contributed by atoms with van der Waals surface area (Å²) in [5, 5.41) is 0. The highest BCUT2D eigenvalue weighted by Gasteiger charge is 2.33. The molecular formula is C8H16ClF2N. The molecule has 4 heteroatoms. The minimum absolute atomic E-state index is 0. The van der Waals surface area contributed by atoms with Crippen LogP contribution < -0.4 is 5.73 Å². The van der Waals surface area contributed by atoms with Gasteiger partial charge in [0.25, 0.3) is 0 Å². The predicted molar refractivity (Wildman–Crippen MR) is 47.8 cm³/mol. The normalized spacial score (nSPS) is 28.8. The zero-order valence-electron chi connectivity index (χ0n) is 7.06. The fourth-order valence-electron chi connectivity index (χ4n) is 1.64. The van der Waals surface area contributed by atoms with Crippen molar-refractivity contribution < 1.29 is 8.78 Å². The molecule has 0 aromatic heterocycles. The van der Waals surface area contributed by atoms with Gasteiger partial charge in [-0.3, -0.25) is 0 Å². The molecule has 1 fully saturated rings. The molecule has 1 unspecified atom stereocenters. The van der Waals surface area contributed by atoms with Crippen LogP contribution in [0.3, 0.4) is 0 Å². The lowest BCUT2D eigenvalue weighted by Crippen LogP contribution is -2.23. The van der Waals surface area contributed by atoms with E-state index in [4.69, 9.17) is 5.73 Å². The lowest BCUT2D eigenvalue weighted by molar-refractivity contribution is -0.0241. The Labute approximate surface area is 78.1 Å². The van der Waals surface area contributed by atoms with Crippen LogP contribution in [0.2, 0.25) is 0 Å². The van der Waals surface area contributed by atoms with Gasteiger partial charge in [0.2, 0.25) is 5.92 Å². The van der Waals surface area contributed by atoms with Gasteiger partial charge >= 0.3 is 0 Å². The molecule has 1 nitrogen and oxygen atoms in total. The summed E-state index contributed by atoms with van der Waals surface area (Å²) in [5.41, 5.74) is 5.36. The summed E-state index contributed by atoms with van der Waals surface area (Å²) >= 11 is 0. The van der Waals surface area contributed by atoms with Crippen molar-refractivity contribution >= 4 is 12.4 Å². The van der Waals surface area contributed by atoms with E-state index in [-0.39, 0.29) is 31.2 Å². The number of hydrogen-bond acceptors (Lipinski definition) is 1. The Balaban J connectivity index is 0.00000121. The molecule has 0 radical (unpaired) electrons. The Bertz CT molecular complexity index is 130. The zero-order valence-corrected chi connectivity index (χ0v) is 7.88. The molecule has 0 aliphatic heterocycles. The highest BCUT2D eigenvalue weighted by molar-refractivity contribution is 5.85. The average molecular weight is 200 g/mol. The van der Waals surface area contributed by atoms with Crippen molar-refractivity contribution in [2.45, 2.75) is 38.0 Å². The first-order valence-electron chi connectivity index (χ1n) is 4.22. The van der Waals surface area contributed by atoms with Crippen molar-refractivity contribution in [1.29, 1.82) is 0 Å². The van der Waals surface area contributed by atoms with E-state index in [1.807, 2.05) is 0 Å². The molecule has 12 heavy (non-hydrogen) atoms. The Hall–Kier alpha value is 0.110. The summed E-state index contributed by atoms with van der Waals surface area (Å²) < 4.78 is 25.7. The van der Waals surface area contributed by atoms with Crippen LogP contribution in [0, 0.1) is 5.92 Å². The molecule has 0 spiro atoms. The molecule has 0 saturated heterocycles. The van der Waals surface area contributed by atoms with Gasteiger partial charge in [0, 0.05) is 12.8 Å². The van der Waals surface area contributed by atoms with Crippen LogP contribution in [-0.2, 0) is 0 Å². The second-order valence-electron chi connectivity index (χ2n) is 3.41. The second-order valence-corrected chi connectivity index (χ2v) is 3.41. The van der Waals surface area contributed by atoms with Crippen molar-refractivity contribution in [1.82, 2.24) is 0 Å². The quantitative estimate of drug-likeness (QED) is 0.646. The first-order chi connectivity index (χ1) is 5.14. The van der Waals surface area contributed by atoms with Crippen LogP contribution in [0.4, 0.5) is 8.78 Å². The van der Waals surface area contributed by atoms with Crippen molar-refractivity contribution in [3.05, 3.63) is 0 Å².